The average Bonchev–Trinajstić information content (AvgIpc) is 2.73. The summed E-state index contributed by atoms with van der Waals surface area (Å²) in [5.41, 5.74) is 1.44. The van der Waals surface area contributed by atoms with Gasteiger partial charge in [-0.3, -0.25) is 10.4 Å². The Balaban J connectivity index is 2.55. The van der Waals surface area contributed by atoms with Crippen LogP contribution in [0.15, 0.2) is 22.1 Å². The molecule has 4 nitrogen and oxygen atoms in total. The first kappa shape index (κ1) is 14.7. The zero-order valence-corrected chi connectivity index (χ0v) is 13.7. The number of nitrogens with zero attached hydrogens (tertiary/aromatic N) is 2. The zero-order valence-electron chi connectivity index (χ0n) is 9.75. The molecule has 0 saturated heterocycles. The number of hydrazine groups is 1. The van der Waals surface area contributed by atoms with Crippen molar-refractivity contribution in [1.29, 1.82) is 5.41 Å². The number of hydrogen-bond acceptors (Lipinski definition) is 4. The van der Waals surface area contributed by atoms with E-state index in [2.05, 4.69) is 20.9 Å². The highest BCUT2D eigenvalue weighted by molar-refractivity contribution is 9.11. The molecule has 19 heavy (non-hydrogen) atoms. The van der Waals surface area contributed by atoms with Crippen LogP contribution in [0, 0.1) is 5.41 Å². The Morgan fingerprint density at radius 3 is 2.68 bits per heavy atom. The van der Waals surface area contributed by atoms with Gasteiger partial charge in [-0.2, -0.15) is 0 Å². The highest BCUT2D eigenvalue weighted by atomic mass is 79.9. The van der Waals surface area contributed by atoms with Gasteiger partial charge in [-0.25, -0.2) is 10.8 Å². The molecule has 0 aliphatic rings. The van der Waals surface area contributed by atoms with E-state index in [1.165, 1.54) is 16.3 Å². The number of rotatable bonds is 2. The van der Waals surface area contributed by atoms with E-state index in [0.29, 0.717) is 24.5 Å². The number of nitrogens with one attached hydrogen (secondary N) is 1. The molecule has 0 unspecified atom stereocenters. The topological polar surface area (TPSA) is 66.0 Å². The molecule has 0 bridgehead atoms. The van der Waals surface area contributed by atoms with Gasteiger partial charge in [0.25, 0.3) is 0 Å². The normalized spacial score (nSPS) is 10.6. The number of hydrogen-bond donors (Lipinski definition) is 2. The molecule has 0 radical (unpaired) electrons. The second-order valence-electron chi connectivity index (χ2n) is 3.73. The van der Waals surface area contributed by atoms with Crippen LogP contribution in [0.5, 0.6) is 0 Å². The lowest BCUT2D eigenvalue weighted by Crippen LogP contribution is -2.32. The second kappa shape index (κ2) is 5.76. The van der Waals surface area contributed by atoms with Crippen LogP contribution in [0.2, 0.25) is 10.0 Å². The van der Waals surface area contributed by atoms with Crippen LogP contribution in [0.3, 0.4) is 0 Å². The van der Waals surface area contributed by atoms with Gasteiger partial charge >= 0.3 is 0 Å². The summed E-state index contributed by atoms with van der Waals surface area (Å²) < 4.78 is 0.676. The summed E-state index contributed by atoms with van der Waals surface area (Å²) in [5.74, 6) is 5.79. The maximum absolute atomic E-state index is 7.98. The molecular weight excluding hydrogens is 371 g/mol. The van der Waals surface area contributed by atoms with Crippen LogP contribution in [-0.2, 0) is 0 Å². The fraction of sp³-hybridized carbons (Fsp3) is 0.0909. The van der Waals surface area contributed by atoms with Crippen LogP contribution in [0.4, 0.5) is 0 Å². The van der Waals surface area contributed by atoms with E-state index in [1.54, 1.807) is 19.2 Å². The number of amidine groups is 1. The van der Waals surface area contributed by atoms with Gasteiger partial charge in [-0.05, 0) is 28.1 Å². The van der Waals surface area contributed by atoms with Crippen molar-refractivity contribution in [3.63, 3.8) is 0 Å². The molecule has 0 atom stereocenters. The number of halogens is 3. The summed E-state index contributed by atoms with van der Waals surface area (Å²) in [6.07, 6.45) is 0. The quantitative estimate of drug-likeness (QED) is 0.358. The highest BCUT2D eigenvalue weighted by Crippen LogP contribution is 2.34. The minimum atomic E-state index is 0.185. The van der Waals surface area contributed by atoms with Gasteiger partial charge in [0.15, 0.2) is 9.75 Å². The van der Waals surface area contributed by atoms with Crippen LogP contribution >= 0.6 is 50.5 Å². The second-order valence-corrected chi connectivity index (χ2v) is 6.82. The third-order valence-electron chi connectivity index (χ3n) is 2.36. The van der Waals surface area contributed by atoms with Crippen LogP contribution in [0.25, 0.3) is 11.3 Å². The lowest BCUT2D eigenvalue weighted by atomic mass is 10.1. The monoisotopic (exact) mass is 378 g/mol. The van der Waals surface area contributed by atoms with Gasteiger partial charge < -0.3 is 0 Å². The lowest BCUT2D eigenvalue weighted by molar-refractivity contribution is 0.537. The van der Waals surface area contributed by atoms with Crippen molar-refractivity contribution >= 4 is 56.3 Å². The average molecular weight is 380 g/mol. The predicted molar refractivity (Wildman–Crippen MR) is 84.0 cm³/mol. The van der Waals surface area contributed by atoms with Crippen molar-refractivity contribution in [2.75, 3.05) is 7.05 Å². The number of benzene rings is 1. The molecule has 100 valence electrons. The fourth-order valence-corrected chi connectivity index (χ4v) is 3.22. The number of nitrogens with two attached hydrogens (primary N) is 1. The van der Waals surface area contributed by atoms with E-state index in [4.69, 9.17) is 34.5 Å². The summed E-state index contributed by atoms with van der Waals surface area (Å²) in [7, 11) is 1.61. The minimum absolute atomic E-state index is 0.185. The van der Waals surface area contributed by atoms with Gasteiger partial charge in [0.1, 0.15) is 0 Å². The van der Waals surface area contributed by atoms with E-state index in [9.17, 15) is 0 Å². The van der Waals surface area contributed by atoms with Crippen LogP contribution in [0.1, 0.15) is 4.88 Å². The van der Waals surface area contributed by atoms with Crippen LogP contribution in [-0.4, -0.2) is 22.9 Å². The van der Waals surface area contributed by atoms with E-state index >= 15 is 0 Å². The Morgan fingerprint density at radius 1 is 1.42 bits per heavy atom. The molecule has 0 aliphatic carbocycles. The number of thiazole rings is 1. The van der Waals surface area contributed by atoms with Gasteiger partial charge in [-0.15, -0.1) is 11.3 Å². The molecule has 0 amide bonds. The van der Waals surface area contributed by atoms with Gasteiger partial charge in [0.05, 0.1) is 20.6 Å². The first-order valence-corrected chi connectivity index (χ1v) is 7.45. The van der Waals surface area contributed by atoms with E-state index in [-0.39, 0.29) is 5.84 Å². The van der Waals surface area contributed by atoms with E-state index in [0.717, 1.165) is 5.56 Å². The minimum Gasteiger partial charge on any atom is -0.297 e. The van der Waals surface area contributed by atoms with Gasteiger partial charge in [-0.1, -0.05) is 29.3 Å². The molecule has 2 aromatic rings. The third-order valence-corrected chi connectivity index (χ3v) is 4.61. The van der Waals surface area contributed by atoms with E-state index in [1.807, 2.05) is 6.07 Å². The molecule has 0 aliphatic heterocycles. The molecule has 3 N–H and O–H groups in total. The van der Waals surface area contributed by atoms with E-state index < -0.39 is 0 Å². The van der Waals surface area contributed by atoms with Crippen molar-refractivity contribution in [2.45, 2.75) is 0 Å². The highest BCUT2D eigenvalue weighted by Gasteiger charge is 2.18. The first-order chi connectivity index (χ1) is 8.90. The summed E-state index contributed by atoms with van der Waals surface area (Å²) in [4.78, 5) is 5.03. The molecular formula is C11H9BrCl2N4S. The molecule has 2 rings (SSSR count). The Kier molecular flexibility index (Phi) is 4.47. The maximum atomic E-state index is 7.98. The first-order valence-electron chi connectivity index (χ1n) is 5.09. The van der Waals surface area contributed by atoms with Gasteiger partial charge in [0, 0.05) is 12.6 Å². The largest absolute Gasteiger partial charge is 0.297 e. The molecule has 1 aromatic carbocycles. The SMILES string of the molecule is CN(N)C(=N)c1sc(Br)nc1-c1ccc(Cl)c(Cl)c1. The zero-order chi connectivity index (χ0) is 14.2. The summed E-state index contributed by atoms with van der Waals surface area (Å²) in [6.45, 7) is 0. The molecule has 0 saturated carbocycles. The Bertz CT molecular complexity index is 642. The molecule has 1 aromatic heterocycles. The van der Waals surface area contributed by atoms with Crippen molar-refractivity contribution in [3.05, 3.63) is 37.0 Å². The standard InChI is InChI=1S/C11H9BrCl2N4S/c1-18(16)10(15)9-8(17-11(12)19-9)5-2-3-6(13)7(14)4-5/h2-4,15H,16H2,1H3. The van der Waals surface area contributed by atoms with Crippen molar-refractivity contribution in [2.24, 2.45) is 5.84 Å². The fourth-order valence-electron chi connectivity index (χ4n) is 1.45. The third kappa shape index (κ3) is 3.09. The molecule has 0 fully saturated rings. The summed E-state index contributed by atoms with van der Waals surface area (Å²) >= 11 is 16.6. The summed E-state index contributed by atoms with van der Waals surface area (Å²) in [6, 6.07) is 5.23. The maximum Gasteiger partial charge on any atom is 0.160 e. The number of aromatic nitrogens is 1. The molecule has 8 heteroatoms. The van der Waals surface area contributed by atoms with Crippen LogP contribution < -0.4 is 5.84 Å². The van der Waals surface area contributed by atoms with Gasteiger partial charge in [0.2, 0.25) is 0 Å². The smallest absolute Gasteiger partial charge is 0.160 e. The van der Waals surface area contributed by atoms with Crippen molar-refractivity contribution in [3.8, 4) is 11.3 Å². The Morgan fingerprint density at radius 2 is 2.11 bits per heavy atom. The summed E-state index contributed by atoms with van der Waals surface area (Å²) in [5, 5.41) is 10.1. The van der Waals surface area contributed by atoms with Crippen molar-refractivity contribution in [1.82, 2.24) is 9.99 Å². The molecule has 0 spiro atoms. The Hall–Kier alpha value is -0.660. The Labute approximate surface area is 132 Å². The molecule has 1 heterocycles. The predicted octanol–water partition coefficient (Wildman–Crippen LogP) is 4.01. The van der Waals surface area contributed by atoms with Crippen molar-refractivity contribution < 1.29 is 0 Å². The lowest BCUT2D eigenvalue weighted by Gasteiger charge is -2.12.